The van der Waals surface area contributed by atoms with Gasteiger partial charge in [0.15, 0.2) is 5.69 Å². The Morgan fingerprint density at radius 2 is 1.73 bits per heavy atom. The molecule has 6 nitrogen and oxygen atoms in total. The van der Waals surface area contributed by atoms with Crippen LogP contribution in [0.15, 0.2) is 88.8 Å². The molecule has 0 aliphatic rings. The lowest BCUT2D eigenvalue weighted by Crippen LogP contribution is -2.29. The number of nitrogens with zero attached hydrogens (tertiary/aromatic N) is 3. The summed E-state index contributed by atoms with van der Waals surface area (Å²) in [6.45, 7) is 0.260. The molecule has 0 aliphatic carbocycles. The summed E-state index contributed by atoms with van der Waals surface area (Å²) in [5, 5.41) is 9.80. The van der Waals surface area contributed by atoms with Gasteiger partial charge >= 0.3 is 0 Å². The van der Waals surface area contributed by atoms with E-state index >= 15 is 0 Å². The van der Waals surface area contributed by atoms with Gasteiger partial charge in [-0.3, -0.25) is 9.59 Å². The van der Waals surface area contributed by atoms with Gasteiger partial charge < -0.3 is 0 Å². The zero-order chi connectivity index (χ0) is 20.9. The molecule has 0 saturated carbocycles. The number of halogens is 1. The number of fused-ring (bicyclic) bond motifs is 1. The standard InChI is InChI=1S/C23H17ClN4O2/c24-18-10-6-9-17(13-18)14-25-26-22(29)21-19-11-4-5-12-20(19)23(30)28(27-21)15-16-7-2-1-3-8-16/h1-14H,15H2,(H,26,29)/b25-14-. The number of hydrogen-bond donors (Lipinski definition) is 1. The largest absolute Gasteiger partial charge is 0.292 e. The van der Waals surface area contributed by atoms with Crippen molar-refractivity contribution in [2.45, 2.75) is 6.54 Å². The van der Waals surface area contributed by atoms with Gasteiger partial charge in [0.2, 0.25) is 0 Å². The molecule has 4 aromatic rings. The van der Waals surface area contributed by atoms with Crippen LogP contribution < -0.4 is 11.0 Å². The zero-order valence-electron chi connectivity index (χ0n) is 15.8. The minimum absolute atomic E-state index is 0.129. The van der Waals surface area contributed by atoms with E-state index in [9.17, 15) is 9.59 Å². The van der Waals surface area contributed by atoms with Gasteiger partial charge in [-0.2, -0.15) is 10.2 Å². The molecular weight excluding hydrogens is 400 g/mol. The highest BCUT2D eigenvalue weighted by Crippen LogP contribution is 2.14. The van der Waals surface area contributed by atoms with Crippen molar-refractivity contribution in [2.24, 2.45) is 5.10 Å². The van der Waals surface area contributed by atoms with Crippen LogP contribution in [-0.4, -0.2) is 21.9 Å². The lowest BCUT2D eigenvalue weighted by atomic mass is 10.1. The van der Waals surface area contributed by atoms with E-state index in [2.05, 4.69) is 15.6 Å². The van der Waals surface area contributed by atoms with Crippen LogP contribution in [0.5, 0.6) is 0 Å². The van der Waals surface area contributed by atoms with Gasteiger partial charge in [0.1, 0.15) is 0 Å². The summed E-state index contributed by atoms with van der Waals surface area (Å²) in [7, 11) is 0. The minimum Gasteiger partial charge on any atom is -0.267 e. The molecule has 0 spiro atoms. The SMILES string of the molecule is O=C(N/N=C\c1cccc(Cl)c1)c1nn(Cc2ccccc2)c(=O)c2ccccc12. The molecule has 3 aromatic carbocycles. The van der Waals surface area contributed by atoms with E-state index < -0.39 is 5.91 Å². The van der Waals surface area contributed by atoms with E-state index in [-0.39, 0.29) is 17.8 Å². The van der Waals surface area contributed by atoms with Gasteiger partial charge in [-0.15, -0.1) is 0 Å². The second-order valence-electron chi connectivity index (χ2n) is 6.60. The maximum Gasteiger partial charge on any atom is 0.292 e. The minimum atomic E-state index is -0.508. The normalized spacial score (nSPS) is 11.1. The Balaban J connectivity index is 1.67. The average molecular weight is 417 g/mol. The van der Waals surface area contributed by atoms with Gasteiger partial charge in [-0.05, 0) is 29.3 Å². The summed E-state index contributed by atoms with van der Waals surface area (Å²) in [4.78, 5) is 25.7. The fraction of sp³-hybridized carbons (Fsp3) is 0.0435. The maximum atomic E-state index is 12.9. The van der Waals surface area contributed by atoms with Crippen molar-refractivity contribution in [3.8, 4) is 0 Å². The van der Waals surface area contributed by atoms with E-state index in [4.69, 9.17) is 11.6 Å². The highest BCUT2D eigenvalue weighted by atomic mass is 35.5. The van der Waals surface area contributed by atoms with Crippen molar-refractivity contribution in [2.75, 3.05) is 0 Å². The quantitative estimate of drug-likeness (QED) is 0.396. The molecule has 4 rings (SSSR count). The Morgan fingerprint density at radius 1 is 1.00 bits per heavy atom. The summed E-state index contributed by atoms with van der Waals surface area (Å²) in [6, 6.07) is 23.5. The number of benzene rings is 3. The third-order valence-electron chi connectivity index (χ3n) is 4.49. The number of hydrogen-bond acceptors (Lipinski definition) is 4. The molecule has 0 fully saturated rings. The van der Waals surface area contributed by atoms with Crippen LogP contribution in [-0.2, 0) is 6.54 Å². The molecule has 0 aliphatic heterocycles. The van der Waals surface area contributed by atoms with Crippen molar-refractivity contribution < 1.29 is 4.79 Å². The van der Waals surface area contributed by atoms with Crippen LogP contribution in [0.25, 0.3) is 10.8 Å². The first-order chi connectivity index (χ1) is 14.6. The predicted molar refractivity (Wildman–Crippen MR) is 118 cm³/mol. The van der Waals surface area contributed by atoms with Crippen LogP contribution in [0, 0.1) is 0 Å². The van der Waals surface area contributed by atoms with Gasteiger partial charge in [-0.1, -0.05) is 72.3 Å². The van der Waals surface area contributed by atoms with Crippen molar-refractivity contribution in [3.63, 3.8) is 0 Å². The molecule has 30 heavy (non-hydrogen) atoms. The number of hydrazone groups is 1. The van der Waals surface area contributed by atoms with E-state index in [1.165, 1.54) is 10.9 Å². The summed E-state index contributed by atoms with van der Waals surface area (Å²) in [5.41, 5.74) is 4.01. The first kappa shape index (κ1) is 19.5. The van der Waals surface area contributed by atoms with Crippen molar-refractivity contribution >= 4 is 34.5 Å². The van der Waals surface area contributed by atoms with Gasteiger partial charge in [0.25, 0.3) is 11.5 Å². The molecule has 1 amide bonds. The van der Waals surface area contributed by atoms with Crippen molar-refractivity contribution in [1.29, 1.82) is 0 Å². The molecule has 1 heterocycles. The van der Waals surface area contributed by atoms with Crippen LogP contribution >= 0.6 is 11.6 Å². The number of rotatable bonds is 5. The second kappa shape index (κ2) is 8.71. The number of nitrogens with one attached hydrogen (secondary N) is 1. The van der Waals surface area contributed by atoms with E-state index in [0.717, 1.165) is 11.1 Å². The van der Waals surface area contributed by atoms with Crippen LogP contribution in [0.4, 0.5) is 0 Å². The molecule has 0 bridgehead atoms. The number of carbonyl (C=O) groups is 1. The highest BCUT2D eigenvalue weighted by Gasteiger charge is 2.16. The topological polar surface area (TPSA) is 76.3 Å². The monoisotopic (exact) mass is 416 g/mol. The fourth-order valence-corrected chi connectivity index (χ4v) is 3.27. The lowest BCUT2D eigenvalue weighted by molar-refractivity contribution is 0.0949. The van der Waals surface area contributed by atoms with Crippen LogP contribution in [0.2, 0.25) is 5.02 Å². The number of aromatic nitrogens is 2. The third kappa shape index (κ3) is 4.29. The summed E-state index contributed by atoms with van der Waals surface area (Å²) in [6.07, 6.45) is 1.49. The van der Waals surface area contributed by atoms with E-state index in [1.807, 2.05) is 36.4 Å². The third-order valence-corrected chi connectivity index (χ3v) is 4.72. The van der Waals surface area contributed by atoms with Crippen LogP contribution in [0.3, 0.4) is 0 Å². The van der Waals surface area contributed by atoms with E-state index in [0.29, 0.717) is 15.8 Å². The lowest BCUT2D eigenvalue weighted by Gasteiger charge is -2.10. The summed E-state index contributed by atoms with van der Waals surface area (Å²) >= 11 is 5.95. The number of amides is 1. The molecule has 1 N–H and O–H groups in total. The molecule has 0 saturated heterocycles. The molecule has 0 atom stereocenters. The van der Waals surface area contributed by atoms with Crippen molar-refractivity contribution in [3.05, 3.63) is 111 Å². The molecule has 0 radical (unpaired) electrons. The first-order valence-corrected chi connectivity index (χ1v) is 9.62. The predicted octanol–water partition coefficient (Wildman–Crippen LogP) is 3.86. The van der Waals surface area contributed by atoms with Crippen LogP contribution in [0.1, 0.15) is 21.6 Å². The average Bonchev–Trinajstić information content (AvgIpc) is 2.76. The van der Waals surface area contributed by atoms with Crippen molar-refractivity contribution in [1.82, 2.24) is 15.2 Å². The smallest absolute Gasteiger partial charge is 0.267 e. The Kier molecular flexibility index (Phi) is 5.68. The Labute approximate surface area is 177 Å². The Bertz CT molecular complexity index is 1300. The molecule has 0 unspecified atom stereocenters. The fourth-order valence-electron chi connectivity index (χ4n) is 3.07. The number of carbonyl (C=O) groups excluding carboxylic acids is 1. The summed E-state index contributed by atoms with van der Waals surface area (Å²) < 4.78 is 1.30. The van der Waals surface area contributed by atoms with Gasteiger partial charge in [0, 0.05) is 10.4 Å². The Hall–Kier alpha value is -3.77. The van der Waals surface area contributed by atoms with E-state index in [1.54, 1.807) is 42.5 Å². The first-order valence-electron chi connectivity index (χ1n) is 9.24. The molecule has 7 heteroatoms. The second-order valence-corrected chi connectivity index (χ2v) is 7.03. The van der Waals surface area contributed by atoms with Gasteiger partial charge in [-0.25, -0.2) is 10.1 Å². The molecule has 1 aromatic heterocycles. The van der Waals surface area contributed by atoms with Gasteiger partial charge in [0.05, 0.1) is 18.1 Å². The summed E-state index contributed by atoms with van der Waals surface area (Å²) in [5.74, 6) is -0.508. The highest BCUT2D eigenvalue weighted by molar-refractivity contribution is 6.30. The zero-order valence-corrected chi connectivity index (χ0v) is 16.6. The Morgan fingerprint density at radius 3 is 2.50 bits per heavy atom. The molecular formula is C23H17ClN4O2. The maximum absolute atomic E-state index is 12.9. The molecule has 148 valence electrons.